The molecule has 0 spiro atoms. The standard InChI is InChI=1S/C8H13NO/c1-3-5-6-7-9(4-2)8-10/h3,5-8H,4H2,1-2H3/b5-3-,7-6-. The van der Waals surface area contributed by atoms with Crippen LogP contribution in [0.15, 0.2) is 24.4 Å². The molecule has 0 heterocycles. The molecule has 0 bridgehead atoms. The summed E-state index contributed by atoms with van der Waals surface area (Å²) in [4.78, 5) is 11.8. The Balaban J connectivity index is 3.71. The second-order valence-electron chi connectivity index (χ2n) is 1.80. The second kappa shape index (κ2) is 6.08. The van der Waals surface area contributed by atoms with Crippen LogP contribution in [0.3, 0.4) is 0 Å². The Hall–Kier alpha value is -1.05. The van der Waals surface area contributed by atoms with Gasteiger partial charge in [-0.1, -0.05) is 12.2 Å². The number of carbonyl (C=O) groups excluding carboxylic acids is 1. The zero-order chi connectivity index (χ0) is 7.82. The van der Waals surface area contributed by atoms with E-state index in [9.17, 15) is 4.79 Å². The minimum atomic E-state index is 0.720. The summed E-state index contributed by atoms with van der Waals surface area (Å²) < 4.78 is 0. The van der Waals surface area contributed by atoms with Crippen LogP contribution in [-0.4, -0.2) is 17.9 Å². The van der Waals surface area contributed by atoms with Crippen molar-refractivity contribution in [3.63, 3.8) is 0 Å². The average Bonchev–Trinajstić information content (AvgIpc) is 1.99. The van der Waals surface area contributed by atoms with E-state index in [0.29, 0.717) is 0 Å². The van der Waals surface area contributed by atoms with Crippen molar-refractivity contribution >= 4 is 6.41 Å². The van der Waals surface area contributed by atoms with Gasteiger partial charge in [0.15, 0.2) is 0 Å². The number of carbonyl (C=O) groups is 1. The van der Waals surface area contributed by atoms with Crippen LogP contribution in [0.2, 0.25) is 0 Å². The van der Waals surface area contributed by atoms with Crippen molar-refractivity contribution in [2.24, 2.45) is 0 Å². The van der Waals surface area contributed by atoms with Crippen molar-refractivity contribution < 1.29 is 4.79 Å². The quantitative estimate of drug-likeness (QED) is 0.427. The van der Waals surface area contributed by atoms with E-state index < -0.39 is 0 Å². The zero-order valence-electron chi connectivity index (χ0n) is 6.45. The third kappa shape index (κ3) is 3.89. The molecule has 2 heteroatoms. The first-order valence-corrected chi connectivity index (χ1v) is 3.35. The van der Waals surface area contributed by atoms with Crippen LogP contribution < -0.4 is 0 Å². The molecule has 1 amide bonds. The van der Waals surface area contributed by atoms with Gasteiger partial charge in [0.25, 0.3) is 0 Å². The Morgan fingerprint density at radius 2 is 2.10 bits per heavy atom. The van der Waals surface area contributed by atoms with E-state index in [0.717, 1.165) is 13.0 Å². The van der Waals surface area contributed by atoms with Gasteiger partial charge in [-0.3, -0.25) is 4.79 Å². The van der Waals surface area contributed by atoms with E-state index in [-0.39, 0.29) is 0 Å². The fraction of sp³-hybridized carbons (Fsp3) is 0.375. The minimum Gasteiger partial charge on any atom is -0.322 e. The lowest BCUT2D eigenvalue weighted by Gasteiger charge is -2.05. The maximum absolute atomic E-state index is 10.2. The summed E-state index contributed by atoms with van der Waals surface area (Å²) in [5.74, 6) is 0. The first kappa shape index (κ1) is 8.95. The lowest BCUT2D eigenvalue weighted by Crippen LogP contribution is -2.12. The molecular weight excluding hydrogens is 126 g/mol. The van der Waals surface area contributed by atoms with Crippen LogP contribution >= 0.6 is 0 Å². The smallest absolute Gasteiger partial charge is 0.213 e. The normalized spacial score (nSPS) is 11.0. The predicted octanol–water partition coefficient (Wildman–Crippen LogP) is 1.55. The molecule has 0 radical (unpaired) electrons. The van der Waals surface area contributed by atoms with Gasteiger partial charge >= 0.3 is 0 Å². The summed E-state index contributed by atoms with van der Waals surface area (Å²) in [6, 6.07) is 0. The number of nitrogens with zero attached hydrogens (tertiary/aromatic N) is 1. The van der Waals surface area contributed by atoms with Gasteiger partial charge in [-0.2, -0.15) is 0 Å². The number of hydrogen-bond acceptors (Lipinski definition) is 1. The van der Waals surface area contributed by atoms with E-state index in [1.54, 1.807) is 11.1 Å². The van der Waals surface area contributed by atoms with E-state index in [1.165, 1.54) is 0 Å². The molecule has 0 aromatic rings. The Morgan fingerprint density at radius 1 is 1.40 bits per heavy atom. The molecule has 0 saturated heterocycles. The van der Waals surface area contributed by atoms with Crippen molar-refractivity contribution in [2.75, 3.05) is 6.54 Å². The van der Waals surface area contributed by atoms with Gasteiger partial charge in [-0.25, -0.2) is 0 Å². The summed E-state index contributed by atoms with van der Waals surface area (Å²) in [6.07, 6.45) is 8.17. The third-order valence-electron chi connectivity index (χ3n) is 1.08. The maximum Gasteiger partial charge on any atom is 0.213 e. The largest absolute Gasteiger partial charge is 0.322 e. The van der Waals surface area contributed by atoms with Crippen LogP contribution in [0.1, 0.15) is 13.8 Å². The van der Waals surface area contributed by atoms with Crippen molar-refractivity contribution in [1.82, 2.24) is 4.90 Å². The monoisotopic (exact) mass is 139 g/mol. The maximum atomic E-state index is 10.2. The average molecular weight is 139 g/mol. The number of amides is 1. The molecule has 0 aliphatic heterocycles. The molecule has 56 valence electrons. The Labute approximate surface area is 61.8 Å². The molecule has 0 saturated carbocycles. The van der Waals surface area contributed by atoms with E-state index in [1.807, 2.05) is 32.1 Å². The van der Waals surface area contributed by atoms with Crippen molar-refractivity contribution in [2.45, 2.75) is 13.8 Å². The SMILES string of the molecule is C/C=C\C=C/N(C=O)CC. The summed E-state index contributed by atoms with van der Waals surface area (Å²) in [5, 5.41) is 0. The second-order valence-corrected chi connectivity index (χ2v) is 1.80. The summed E-state index contributed by atoms with van der Waals surface area (Å²) in [5.41, 5.74) is 0. The van der Waals surface area contributed by atoms with Gasteiger partial charge in [0.05, 0.1) is 0 Å². The lowest BCUT2D eigenvalue weighted by atomic mass is 10.5. The Kier molecular flexibility index (Phi) is 5.44. The number of hydrogen-bond donors (Lipinski definition) is 0. The van der Waals surface area contributed by atoms with E-state index >= 15 is 0 Å². The van der Waals surface area contributed by atoms with Crippen molar-refractivity contribution in [3.05, 3.63) is 24.4 Å². The number of rotatable bonds is 4. The molecule has 0 rings (SSSR count). The lowest BCUT2D eigenvalue weighted by molar-refractivity contribution is -0.115. The highest BCUT2D eigenvalue weighted by atomic mass is 16.1. The molecule has 0 N–H and O–H groups in total. The highest BCUT2D eigenvalue weighted by molar-refractivity contribution is 5.48. The van der Waals surface area contributed by atoms with Crippen molar-refractivity contribution in [1.29, 1.82) is 0 Å². The van der Waals surface area contributed by atoms with Gasteiger partial charge in [0.1, 0.15) is 0 Å². The minimum absolute atomic E-state index is 0.720. The number of allylic oxidation sites excluding steroid dienone is 3. The first-order valence-electron chi connectivity index (χ1n) is 3.35. The van der Waals surface area contributed by atoms with Gasteiger partial charge < -0.3 is 4.90 Å². The third-order valence-corrected chi connectivity index (χ3v) is 1.08. The van der Waals surface area contributed by atoms with Crippen LogP contribution in [0.5, 0.6) is 0 Å². The molecule has 10 heavy (non-hydrogen) atoms. The zero-order valence-corrected chi connectivity index (χ0v) is 6.45. The fourth-order valence-electron chi connectivity index (χ4n) is 0.486. The van der Waals surface area contributed by atoms with Crippen molar-refractivity contribution in [3.8, 4) is 0 Å². The highest BCUT2D eigenvalue weighted by Gasteiger charge is 1.85. The van der Waals surface area contributed by atoms with Gasteiger partial charge in [0, 0.05) is 12.7 Å². The predicted molar refractivity (Wildman–Crippen MR) is 42.4 cm³/mol. The van der Waals surface area contributed by atoms with Crippen LogP contribution in [0.25, 0.3) is 0 Å². The van der Waals surface area contributed by atoms with Crippen LogP contribution in [-0.2, 0) is 4.79 Å². The molecule has 0 aromatic heterocycles. The van der Waals surface area contributed by atoms with Gasteiger partial charge in [0.2, 0.25) is 6.41 Å². The summed E-state index contributed by atoms with van der Waals surface area (Å²) in [7, 11) is 0. The molecule has 0 aliphatic carbocycles. The summed E-state index contributed by atoms with van der Waals surface area (Å²) in [6.45, 7) is 4.58. The van der Waals surface area contributed by atoms with Crippen LogP contribution in [0, 0.1) is 0 Å². The molecule has 2 nitrogen and oxygen atoms in total. The Morgan fingerprint density at radius 3 is 2.50 bits per heavy atom. The van der Waals surface area contributed by atoms with Gasteiger partial charge in [-0.15, -0.1) is 0 Å². The first-order chi connectivity index (χ1) is 4.85. The van der Waals surface area contributed by atoms with Crippen LogP contribution in [0.4, 0.5) is 0 Å². The molecule has 0 fully saturated rings. The summed E-state index contributed by atoms with van der Waals surface area (Å²) >= 11 is 0. The van der Waals surface area contributed by atoms with Gasteiger partial charge in [-0.05, 0) is 19.9 Å². The molecular formula is C8H13NO. The fourth-order valence-corrected chi connectivity index (χ4v) is 0.486. The molecule has 0 aliphatic rings. The van der Waals surface area contributed by atoms with E-state index in [4.69, 9.17) is 0 Å². The highest BCUT2D eigenvalue weighted by Crippen LogP contribution is 1.84. The van der Waals surface area contributed by atoms with E-state index in [2.05, 4.69) is 0 Å². The Bertz CT molecular complexity index is 138. The topological polar surface area (TPSA) is 20.3 Å². The molecule has 0 atom stereocenters. The molecule has 0 unspecified atom stereocenters. The molecule has 0 aromatic carbocycles.